The van der Waals surface area contributed by atoms with Crippen LogP contribution in [0.15, 0.2) is 0 Å². The molecule has 1 amide bonds. The molecule has 0 aromatic rings. The second-order valence-corrected chi connectivity index (χ2v) is 5.94. The maximum absolute atomic E-state index is 12.5. The molecule has 1 heterocycles. The van der Waals surface area contributed by atoms with E-state index in [0.717, 1.165) is 38.8 Å². The second kappa shape index (κ2) is 6.02. The van der Waals surface area contributed by atoms with Crippen molar-refractivity contribution in [2.45, 2.75) is 51.7 Å². The zero-order valence-electron chi connectivity index (χ0n) is 11.6. The van der Waals surface area contributed by atoms with Crippen molar-refractivity contribution in [3.05, 3.63) is 0 Å². The van der Waals surface area contributed by atoms with Gasteiger partial charge in [0.25, 0.3) is 0 Å². The first-order valence-corrected chi connectivity index (χ1v) is 7.24. The van der Waals surface area contributed by atoms with Gasteiger partial charge in [0.05, 0.1) is 18.8 Å². The summed E-state index contributed by atoms with van der Waals surface area (Å²) in [5.74, 6) is 1.20. The zero-order valence-corrected chi connectivity index (χ0v) is 11.6. The second-order valence-electron chi connectivity index (χ2n) is 5.94. The van der Waals surface area contributed by atoms with Crippen LogP contribution in [0.25, 0.3) is 0 Å². The normalized spacial score (nSPS) is 37.6. The highest BCUT2D eigenvalue weighted by Gasteiger charge is 2.33. The topological polar surface area (TPSA) is 55.6 Å². The van der Waals surface area contributed by atoms with Gasteiger partial charge in [-0.3, -0.25) is 4.79 Å². The van der Waals surface area contributed by atoms with Crippen LogP contribution < -0.4 is 5.73 Å². The lowest BCUT2D eigenvalue weighted by atomic mass is 9.81. The fraction of sp³-hybridized carbons (Fsp3) is 0.929. The Morgan fingerprint density at radius 2 is 1.94 bits per heavy atom. The van der Waals surface area contributed by atoms with E-state index in [9.17, 15) is 4.79 Å². The lowest BCUT2D eigenvalue weighted by molar-refractivity contribution is -0.148. The molecule has 0 bridgehead atoms. The molecule has 1 saturated heterocycles. The summed E-state index contributed by atoms with van der Waals surface area (Å²) in [7, 11) is 0. The minimum absolute atomic E-state index is 0.172. The largest absolute Gasteiger partial charge is 0.375 e. The fourth-order valence-electron chi connectivity index (χ4n) is 3.09. The third kappa shape index (κ3) is 3.04. The van der Waals surface area contributed by atoms with Gasteiger partial charge < -0.3 is 15.4 Å². The summed E-state index contributed by atoms with van der Waals surface area (Å²) >= 11 is 0. The Hall–Kier alpha value is -0.610. The van der Waals surface area contributed by atoms with Crippen LogP contribution in [0.5, 0.6) is 0 Å². The molecule has 0 radical (unpaired) electrons. The Morgan fingerprint density at radius 1 is 1.28 bits per heavy atom. The lowest BCUT2D eigenvalue weighted by Gasteiger charge is -2.40. The van der Waals surface area contributed by atoms with E-state index in [0.29, 0.717) is 18.4 Å². The summed E-state index contributed by atoms with van der Waals surface area (Å²) < 4.78 is 5.58. The average molecular weight is 254 g/mol. The molecular formula is C14H26N2O2. The Bertz CT molecular complexity index is 288. The number of rotatable bonds is 2. The van der Waals surface area contributed by atoms with E-state index in [4.69, 9.17) is 10.5 Å². The maximum atomic E-state index is 12.5. The first kappa shape index (κ1) is 13.8. The van der Waals surface area contributed by atoms with Gasteiger partial charge in [-0.25, -0.2) is 0 Å². The van der Waals surface area contributed by atoms with Gasteiger partial charge in [0.2, 0.25) is 5.91 Å². The SMILES string of the molecule is CC1CN(C(=O)C2CCC(CN)CC2)C(C)CO1. The molecular weight excluding hydrogens is 228 g/mol. The zero-order chi connectivity index (χ0) is 13.1. The monoisotopic (exact) mass is 254 g/mol. The lowest BCUT2D eigenvalue weighted by Crippen LogP contribution is -2.52. The molecule has 18 heavy (non-hydrogen) atoms. The van der Waals surface area contributed by atoms with Gasteiger partial charge in [-0.2, -0.15) is 0 Å². The molecule has 4 heteroatoms. The summed E-state index contributed by atoms with van der Waals surface area (Å²) in [6.45, 7) is 6.31. The van der Waals surface area contributed by atoms with Crippen LogP contribution in [0.4, 0.5) is 0 Å². The van der Waals surface area contributed by atoms with Crippen LogP contribution in [-0.2, 0) is 9.53 Å². The van der Waals surface area contributed by atoms with Crippen molar-refractivity contribution in [1.29, 1.82) is 0 Å². The Balaban J connectivity index is 1.90. The van der Waals surface area contributed by atoms with Crippen molar-refractivity contribution in [3.8, 4) is 0 Å². The fourth-order valence-corrected chi connectivity index (χ4v) is 3.09. The number of amides is 1. The highest BCUT2D eigenvalue weighted by Crippen LogP contribution is 2.30. The number of nitrogens with zero attached hydrogens (tertiary/aromatic N) is 1. The van der Waals surface area contributed by atoms with Crippen LogP contribution in [0.2, 0.25) is 0 Å². The number of morpholine rings is 1. The van der Waals surface area contributed by atoms with Crippen molar-refractivity contribution in [2.75, 3.05) is 19.7 Å². The number of hydrogen-bond donors (Lipinski definition) is 1. The standard InChI is InChI=1S/C14H26N2O2/c1-10-9-18-11(2)8-16(10)14(17)13-5-3-12(7-15)4-6-13/h10-13H,3-9,15H2,1-2H3. The quantitative estimate of drug-likeness (QED) is 0.810. The van der Waals surface area contributed by atoms with Crippen LogP contribution in [0, 0.1) is 11.8 Å². The van der Waals surface area contributed by atoms with E-state index >= 15 is 0 Å². The van der Waals surface area contributed by atoms with Gasteiger partial charge in [0, 0.05) is 12.5 Å². The highest BCUT2D eigenvalue weighted by atomic mass is 16.5. The Labute approximate surface area is 110 Å². The molecule has 0 aromatic carbocycles. The average Bonchev–Trinajstić information content (AvgIpc) is 2.41. The Morgan fingerprint density at radius 3 is 2.56 bits per heavy atom. The molecule has 1 aliphatic heterocycles. The minimum Gasteiger partial charge on any atom is -0.375 e. The van der Waals surface area contributed by atoms with Crippen molar-refractivity contribution in [2.24, 2.45) is 17.6 Å². The van der Waals surface area contributed by atoms with Gasteiger partial charge >= 0.3 is 0 Å². The minimum atomic E-state index is 0.172. The van der Waals surface area contributed by atoms with Gasteiger partial charge in [-0.15, -0.1) is 0 Å². The molecule has 4 nitrogen and oxygen atoms in total. The van der Waals surface area contributed by atoms with Gasteiger partial charge in [0.1, 0.15) is 0 Å². The van der Waals surface area contributed by atoms with E-state index < -0.39 is 0 Å². The Kier molecular flexibility index (Phi) is 4.62. The van der Waals surface area contributed by atoms with Gasteiger partial charge in [0.15, 0.2) is 0 Å². The molecule has 0 aromatic heterocycles. The summed E-state index contributed by atoms with van der Waals surface area (Å²) in [5, 5.41) is 0. The third-order valence-corrected chi connectivity index (χ3v) is 4.42. The van der Waals surface area contributed by atoms with Crippen molar-refractivity contribution in [1.82, 2.24) is 4.90 Å². The molecule has 0 spiro atoms. The molecule has 2 aliphatic rings. The molecule has 104 valence electrons. The van der Waals surface area contributed by atoms with Crippen LogP contribution in [0.1, 0.15) is 39.5 Å². The highest BCUT2D eigenvalue weighted by molar-refractivity contribution is 5.79. The maximum Gasteiger partial charge on any atom is 0.226 e. The van der Waals surface area contributed by atoms with E-state index in [1.165, 1.54) is 0 Å². The molecule has 2 fully saturated rings. The number of nitrogens with two attached hydrogens (primary N) is 1. The summed E-state index contributed by atoms with van der Waals surface area (Å²) in [5.41, 5.74) is 5.70. The predicted octanol–water partition coefficient (Wildman–Crippen LogP) is 1.39. The molecule has 2 atom stereocenters. The third-order valence-electron chi connectivity index (χ3n) is 4.42. The smallest absolute Gasteiger partial charge is 0.226 e. The summed E-state index contributed by atoms with van der Waals surface area (Å²) in [6, 6.07) is 0.223. The number of carbonyl (C=O) groups excluding carboxylic acids is 1. The van der Waals surface area contributed by atoms with Crippen molar-refractivity contribution >= 4 is 5.91 Å². The summed E-state index contributed by atoms with van der Waals surface area (Å²) in [6.07, 6.45) is 4.42. The van der Waals surface area contributed by atoms with E-state index in [1.54, 1.807) is 0 Å². The molecule has 1 saturated carbocycles. The first-order valence-electron chi connectivity index (χ1n) is 7.24. The number of carbonyl (C=O) groups is 1. The van der Waals surface area contributed by atoms with Crippen LogP contribution in [-0.4, -0.2) is 42.6 Å². The van der Waals surface area contributed by atoms with Crippen LogP contribution in [0.3, 0.4) is 0 Å². The molecule has 2 unspecified atom stereocenters. The predicted molar refractivity (Wildman–Crippen MR) is 71.1 cm³/mol. The van der Waals surface area contributed by atoms with E-state index in [-0.39, 0.29) is 18.1 Å². The van der Waals surface area contributed by atoms with Crippen LogP contribution >= 0.6 is 0 Å². The first-order chi connectivity index (χ1) is 8.61. The number of ether oxygens (including phenoxy) is 1. The summed E-state index contributed by atoms with van der Waals surface area (Å²) in [4.78, 5) is 14.6. The molecule has 2 rings (SSSR count). The molecule has 2 N–H and O–H groups in total. The number of hydrogen-bond acceptors (Lipinski definition) is 3. The van der Waals surface area contributed by atoms with Gasteiger partial charge in [-0.05, 0) is 52.0 Å². The molecule has 1 aliphatic carbocycles. The van der Waals surface area contributed by atoms with Gasteiger partial charge in [-0.1, -0.05) is 0 Å². The van der Waals surface area contributed by atoms with Crippen molar-refractivity contribution < 1.29 is 9.53 Å². The van der Waals surface area contributed by atoms with E-state index in [1.807, 2.05) is 11.8 Å². The van der Waals surface area contributed by atoms with Crippen molar-refractivity contribution in [3.63, 3.8) is 0 Å². The van der Waals surface area contributed by atoms with E-state index in [2.05, 4.69) is 6.92 Å².